The van der Waals surface area contributed by atoms with E-state index in [4.69, 9.17) is 26.8 Å². The zero-order valence-electron chi connectivity index (χ0n) is 33.3. The number of esters is 1. The predicted octanol–water partition coefficient (Wildman–Crippen LogP) is 5.74. The summed E-state index contributed by atoms with van der Waals surface area (Å²) in [5.74, 6) is -0.907. The molecule has 4 aliphatic rings. The first-order valence-corrected chi connectivity index (χ1v) is 20.7. The van der Waals surface area contributed by atoms with Crippen molar-refractivity contribution in [3.63, 3.8) is 0 Å². The fourth-order valence-electron chi connectivity index (χ4n) is 8.57. The van der Waals surface area contributed by atoms with Gasteiger partial charge in [0.15, 0.2) is 6.10 Å². The molecule has 2 aromatic carbocycles. The van der Waals surface area contributed by atoms with E-state index in [9.17, 15) is 32.3 Å². The van der Waals surface area contributed by atoms with Gasteiger partial charge in [-0.15, -0.1) is 0 Å². The highest BCUT2D eigenvalue weighted by molar-refractivity contribution is 6.33. The first-order valence-electron chi connectivity index (χ1n) is 20.3. The molecule has 3 N–H and O–H groups in total. The van der Waals surface area contributed by atoms with Crippen molar-refractivity contribution in [2.75, 3.05) is 84.1 Å². The van der Waals surface area contributed by atoms with Crippen LogP contribution in [-0.2, 0) is 38.1 Å². The molecule has 0 spiro atoms. The third kappa shape index (κ3) is 10.9. The number of amides is 4. The molecule has 2 aromatic rings. The molecule has 0 radical (unpaired) electrons. The Morgan fingerprint density at radius 3 is 2.36 bits per heavy atom. The van der Waals surface area contributed by atoms with Gasteiger partial charge >= 0.3 is 24.3 Å². The number of nitrogens with one attached hydrogen (secondary N) is 1. The predicted molar refractivity (Wildman–Crippen MR) is 213 cm³/mol. The fourth-order valence-corrected chi connectivity index (χ4v) is 8.81. The van der Waals surface area contributed by atoms with Crippen LogP contribution in [0.25, 0.3) is 0 Å². The van der Waals surface area contributed by atoms with Crippen LogP contribution in [0.5, 0.6) is 0 Å². The number of nitrogens with two attached hydrogens (primary N) is 1. The summed E-state index contributed by atoms with van der Waals surface area (Å²) in [5, 5.41) is 2.67. The Hall–Kier alpha value is -4.28. The number of piperidine rings is 3. The second-order valence-electron chi connectivity index (χ2n) is 16.1. The van der Waals surface area contributed by atoms with E-state index in [2.05, 4.69) is 10.2 Å². The molecular formula is C41H55ClF3N7O6. The standard InChI is InChI=1S/C41H55ClF3N7O6/c1-48(2)15-6-22-57-38(54)29-8-5-16-51(26-29)30-11-17-49(18-12-30)37(53)35(25-27-23-32(41(43,44)45)36(46)33(42)24-27)58-40(56)50-19-13-31(14-20-50)52-21-10-28-7-3-4-9-34(28)47-39(52)55/h3-4,7,9,23-24,29-31,35H,5-6,8,10-22,25-26,46H2,1-2H3,(H,47,55)/t29-,35+/m0/s1. The lowest BCUT2D eigenvalue weighted by molar-refractivity contribution is -0.151. The van der Waals surface area contributed by atoms with Gasteiger partial charge in [-0.2, -0.15) is 13.2 Å². The Labute approximate surface area is 342 Å². The zero-order valence-corrected chi connectivity index (χ0v) is 34.0. The van der Waals surface area contributed by atoms with Gasteiger partial charge < -0.3 is 40.1 Å². The highest BCUT2D eigenvalue weighted by atomic mass is 35.5. The van der Waals surface area contributed by atoms with E-state index in [1.165, 1.54) is 11.0 Å². The number of hydrogen-bond acceptors (Lipinski definition) is 9. The molecule has 17 heteroatoms. The number of urea groups is 1. The number of carbonyl (C=O) groups excluding carboxylic acids is 4. The third-order valence-electron chi connectivity index (χ3n) is 11.8. The van der Waals surface area contributed by atoms with Gasteiger partial charge in [-0.25, -0.2) is 9.59 Å². The van der Waals surface area contributed by atoms with Crippen molar-refractivity contribution >= 4 is 47.0 Å². The Bertz CT molecular complexity index is 1780. The van der Waals surface area contributed by atoms with Crippen LogP contribution in [0.4, 0.5) is 34.1 Å². The summed E-state index contributed by atoms with van der Waals surface area (Å²) in [6.45, 7) is 4.36. The van der Waals surface area contributed by atoms with E-state index in [-0.39, 0.29) is 60.1 Å². The highest BCUT2D eigenvalue weighted by Crippen LogP contribution is 2.38. The lowest BCUT2D eigenvalue weighted by Crippen LogP contribution is -2.53. The number of rotatable bonds is 11. The average molecular weight is 834 g/mol. The van der Waals surface area contributed by atoms with Gasteiger partial charge in [0, 0.05) is 70.0 Å². The molecule has 3 saturated heterocycles. The first kappa shape index (κ1) is 43.3. The average Bonchev–Trinajstić information content (AvgIpc) is 3.37. The van der Waals surface area contributed by atoms with Crippen molar-refractivity contribution in [2.24, 2.45) is 5.92 Å². The fraction of sp³-hybridized carbons (Fsp3) is 0.610. The van der Waals surface area contributed by atoms with E-state index in [0.717, 1.165) is 49.7 Å². The quantitative estimate of drug-likeness (QED) is 0.165. The van der Waals surface area contributed by atoms with E-state index in [1.807, 2.05) is 43.3 Å². The SMILES string of the molecule is CN(C)CCCOC(=O)[C@H]1CCCN(C2CCN(C(=O)[C@@H](Cc3cc(Cl)c(N)c(C(F)(F)F)c3)OC(=O)N3CCC(N4CCc5ccccc5NC4=O)CC3)CC2)C1. The van der Waals surface area contributed by atoms with Gasteiger partial charge in [-0.05, 0) is 101 Å². The monoisotopic (exact) mass is 833 g/mol. The van der Waals surface area contributed by atoms with Gasteiger partial charge in [-0.1, -0.05) is 29.8 Å². The number of anilines is 2. The van der Waals surface area contributed by atoms with Crippen LogP contribution >= 0.6 is 11.6 Å². The lowest BCUT2D eigenvalue weighted by atomic mass is 9.93. The number of carbonyl (C=O) groups is 4. The molecule has 4 aliphatic heterocycles. The number of nitrogen functional groups attached to an aromatic ring is 1. The van der Waals surface area contributed by atoms with E-state index >= 15 is 0 Å². The number of ether oxygens (including phenoxy) is 2. The number of para-hydroxylation sites is 1. The van der Waals surface area contributed by atoms with Crippen molar-refractivity contribution in [2.45, 2.75) is 82.2 Å². The molecule has 58 heavy (non-hydrogen) atoms. The molecule has 0 unspecified atom stereocenters. The number of fused-ring (bicyclic) bond motifs is 1. The van der Waals surface area contributed by atoms with E-state index in [1.54, 1.807) is 9.80 Å². The Kier molecular flexibility index (Phi) is 14.3. The second-order valence-corrected chi connectivity index (χ2v) is 16.5. The highest BCUT2D eigenvalue weighted by Gasteiger charge is 2.39. The minimum atomic E-state index is -4.80. The Balaban J connectivity index is 1.08. The van der Waals surface area contributed by atoms with Gasteiger partial charge in [0.1, 0.15) is 0 Å². The summed E-state index contributed by atoms with van der Waals surface area (Å²) >= 11 is 6.15. The maximum Gasteiger partial charge on any atom is 0.418 e. The summed E-state index contributed by atoms with van der Waals surface area (Å²) in [6, 6.07) is 9.58. The first-order chi connectivity index (χ1) is 27.7. The van der Waals surface area contributed by atoms with Crippen LogP contribution in [0.3, 0.4) is 0 Å². The van der Waals surface area contributed by atoms with E-state index in [0.29, 0.717) is 64.9 Å². The van der Waals surface area contributed by atoms with Gasteiger partial charge in [0.05, 0.1) is 28.8 Å². The van der Waals surface area contributed by atoms with Crippen LogP contribution in [0, 0.1) is 5.92 Å². The summed E-state index contributed by atoms with van der Waals surface area (Å²) in [5.41, 5.74) is 5.81. The molecule has 0 bridgehead atoms. The second kappa shape index (κ2) is 19.2. The van der Waals surface area contributed by atoms with Crippen molar-refractivity contribution < 1.29 is 41.8 Å². The molecule has 2 atom stereocenters. The molecular weight excluding hydrogens is 779 g/mol. The van der Waals surface area contributed by atoms with Crippen molar-refractivity contribution in [1.82, 2.24) is 24.5 Å². The number of likely N-dealkylation sites (tertiary alicyclic amines) is 3. The smallest absolute Gasteiger partial charge is 0.418 e. The molecule has 4 amide bonds. The molecule has 318 valence electrons. The number of nitrogens with zero attached hydrogens (tertiary/aromatic N) is 5. The molecule has 13 nitrogen and oxygen atoms in total. The van der Waals surface area contributed by atoms with Crippen LogP contribution in [-0.4, -0.2) is 140 Å². The summed E-state index contributed by atoms with van der Waals surface area (Å²) < 4.78 is 53.2. The summed E-state index contributed by atoms with van der Waals surface area (Å²) in [6.07, 6.45) is -2.06. The number of halogens is 4. The molecule has 0 aromatic heterocycles. The van der Waals surface area contributed by atoms with Crippen LogP contribution in [0.1, 0.15) is 61.6 Å². The molecule has 3 fully saturated rings. The zero-order chi connectivity index (χ0) is 41.6. The largest absolute Gasteiger partial charge is 0.465 e. The Morgan fingerprint density at radius 1 is 0.966 bits per heavy atom. The number of hydrogen-bond donors (Lipinski definition) is 2. The topological polar surface area (TPSA) is 141 Å². The third-order valence-corrected chi connectivity index (χ3v) is 12.1. The normalized spacial score (nSPS) is 20.6. The van der Waals surface area contributed by atoms with Gasteiger partial charge in [0.2, 0.25) is 0 Å². The molecule has 4 heterocycles. The van der Waals surface area contributed by atoms with Gasteiger partial charge in [0.25, 0.3) is 5.91 Å². The number of alkyl halides is 3. The van der Waals surface area contributed by atoms with E-state index < -0.39 is 35.5 Å². The summed E-state index contributed by atoms with van der Waals surface area (Å²) in [7, 11) is 3.94. The van der Waals surface area contributed by atoms with Crippen molar-refractivity contribution in [1.29, 1.82) is 0 Å². The maximum atomic E-state index is 14.2. The molecule has 0 aliphatic carbocycles. The van der Waals surface area contributed by atoms with Crippen LogP contribution in [0.15, 0.2) is 36.4 Å². The van der Waals surface area contributed by atoms with Crippen LogP contribution < -0.4 is 11.1 Å². The minimum Gasteiger partial charge on any atom is -0.465 e. The van der Waals surface area contributed by atoms with Crippen LogP contribution in [0.2, 0.25) is 5.02 Å². The summed E-state index contributed by atoms with van der Waals surface area (Å²) in [4.78, 5) is 63.1. The minimum absolute atomic E-state index is 0.0485. The Morgan fingerprint density at radius 2 is 1.66 bits per heavy atom. The maximum absolute atomic E-state index is 14.2. The van der Waals surface area contributed by atoms with Gasteiger partial charge in [-0.3, -0.25) is 14.5 Å². The molecule has 0 saturated carbocycles. The van der Waals surface area contributed by atoms with Crippen molar-refractivity contribution in [3.05, 3.63) is 58.1 Å². The van der Waals surface area contributed by atoms with Crippen molar-refractivity contribution in [3.8, 4) is 0 Å². The number of benzene rings is 2. The lowest BCUT2D eigenvalue weighted by Gasteiger charge is -2.42. The molecule has 6 rings (SSSR count).